The Labute approximate surface area is 209 Å². The van der Waals surface area contributed by atoms with Gasteiger partial charge in [-0.05, 0) is 50.5 Å². The van der Waals surface area contributed by atoms with Crippen LogP contribution in [0.5, 0.6) is 5.75 Å². The van der Waals surface area contributed by atoms with Gasteiger partial charge in [0.1, 0.15) is 24.0 Å². The molecule has 2 rings (SSSR count). The normalized spacial score (nSPS) is 11.6. The number of aliphatic carboxylic acids is 1. The van der Waals surface area contributed by atoms with Crippen molar-refractivity contribution in [1.82, 2.24) is 10.6 Å². The van der Waals surface area contributed by atoms with Crippen molar-refractivity contribution in [2.24, 2.45) is 0 Å². The lowest BCUT2D eigenvalue weighted by molar-refractivity contribution is -0.147. The van der Waals surface area contributed by atoms with E-state index in [9.17, 15) is 19.2 Å². The number of alkyl carbamates (subject to hydrolysis) is 1. The first-order valence-corrected chi connectivity index (χ1v) is 11.4. The average Bonchev–Trinajstić information content (AvgIpc) is 2.81. The van der Waals surface area contributed by atoms with E-state index in [0.717, 1.165) is 11.1 Å². The third kappa shape index (κ3) is 11.4. The van der Waals surface area contributed by atoms with Gasteiger partial charge in [0, 0.05) is 6.54 Å². The van der Waals surface area contributed by atoms with E-state index in [2.05, 4.69) is 10.6 Å². The molecule has 0 aliphatic rings. The number of rotatable bonds is 12. The van der Waals surface area contributed by atoms with Crippen molar-refractivity contribution in [1.29, 1.82) is 0 Å². The highest BCUT2D eigenvalue weighted by atomic mass is 16.6. The number of nitrogens with one attached hydrogen (secondary N) is 2. The Hall–Kier alpha value is -4.08. The molecule has 0 aromatic heterocycles. The highest BCUT2D eigenvalue weighted by molar-refractivity contribution is 5.89. The second-order valence-electron chi connectivity index (χ2n) is 8.92. The summed E-state index contributed by atoms with van der Waals surface area (Å²) < 4.78 is 15.7. The number of hydrogen-bond acceptors (Lipinski definition) is 7. The summed E-state index contributed by atoms with van der Waals surface area (Å²) in [6.45, 7) is 5.15. The second-order valence-corrected chi connectivity index (χ2v) is 8.92. The Kier molecular flexibility index (Phi) is 10.7. The Bertz CT molecular complexity index is 1020. The number of carboxylic acids is 1. The van der Waals surface area contributed by atoms with Gasteiger partial charge >= 0.3 is 18.0 Å². The van der Waals surface area contributed by atoms with E-state index in [-0.39, 0.29) is 19.8 Å². The molecular formula is C26H32N2O8. The standard InChI is InChI=1S/C26H32N2O8/c1-26(2,3)36-25(33)28-21(15-22(29)30)24(32)27-14-13-18-9-11-20(12-10-18)34-17-23(31)35-16-19-7-5-4-6-8-19/h4-12,21H,13-17H2,1-3H3,(H,27,32)(H,28,33)(H,29,30)/t21-/m0/s1. The van der Waals surface area contributed by atoms with Crippen LogP contribution in [-0.4, -0.2) is 53.8 Å². The van der Waals surface area contributed by atoms with Crippen molar-refractivity contribution in [2.75, 3.05) is 13.2 Å². The smallest absolute Gasteiger partial charge is 0.408 e. The number of amides is 2. The number of hydrogen-bond donors (Lipinski definition) is 3. The van der Waals surface area contributed by atoms with Crippen molar-refractivity contribution in [3.8, 4) is 5.75 Å². The first-order valence-electron chi connectivity index (χ1n) is 11.4. The van der Waals surface area contributed by atoms with Gasteiger partial charge in [-0.1, -0.05) is 42.5 Å². The summed E-state index contributed by atoms with van der Waals surface area (Å²) >= 11 is 0. The summed E-state index contributed by atoms with van der Waals surface area (Å²) in [6, 6.07) is 15.0. The van der Waals surface area contributed by atoms with E-state index in [1.54, 1.807) is 45.0 Å². The van der Waals surface area contributed by atoms with Crippen molar-refractivity contribution in [3.63, 3.8) is 0 Å². The van der Waals surface area contributed by atoms with E-state index < -0.39 is 42.0 Å². The fourth-order valence-corrected chi connectivity index (χ4v) is 2.96. The predicted octanol–water partition coefficient (Wildman–Crippen LogP) is 2.84. The van der Waals surface area contributed by atoms with Crippen molar-refractivity contribution >= 4 is 23.9 Å². The van der Waals surface area contributed by atoms with E-state index in [1.807, 2.05) is 30.3 Å². The van der Waals surface area contributed by atoms with Crippen LogP contribution in [0.25, 0.3) is 0 Å². The molecule has 0 unspecified atom stereocenters. The lowest BCUT2D eigenvalue weighted by Crippen LogP contribution is -2.49. The zero-order chi connectivity index (χ0) is 26.6. The molecule has 0 fully saturated rings. The third-order valence-electron chi connectivity index (χ3n) is 4.62. The van der Waals surface area contributed by atoms with Crippen molar-refractivity contribution in [2.45, 2.75) is 51.9 Å². The van der Waals surface area contributed by atoms with E-state index in [1.165, 1.54) is 0 Å². The quantitative estimate of drug-likeness (QED) is 0.378. The van der Waals surface area contributed by atoms with Crippen LogP contribution in [0, 0.1) is 0 Å². The molecule has 10 heteroatoms. The number of carbonyl (C=O) groups is 4. The molecule has 10 nitrogen and oxygen atoms in total. The molecule has 2 aromatic rings. The molecule has 0 saturated heterocycles. The van der Waals surface area contributed by atoms with E-state index in [0.29, 0.717) is 12.2 Å². The van der Waals surface area contributed by atoms with Gasteiger partial charge in [-0.15, -0.1) is 0 Å². The summed E-state index contributed by atoms with van der Waals surface area (Å²) in [5, 5.41) is 14.0. The van der Waals surface area contributed by atoms with Crippen LogP contribution in [0.15, 0.2) is 54.6 Å². The number of benzene rings is 2. The summed E-state index contributed by atoms with van der Waals surface area (Å²) in [5.41, 5.74) is 0.980. The SMILES string of the molecule is CC(C)(C)OC(=O)N[C@@H](CC(=O)O)C(=O)NCCc1ccc(OCC(=O)OCc2ccccc2)cc1. The maximum Gasteiger partial charge on any atom is 0.408 e. The van der Waals surface area contributed by atoms with Gasteiger partial charge in [0.25, 0.3) is 0 Å². The molecule has 0 heterocycles. The zero-order valence-electron chi connectivity index (χ0n) is 20.6. The van der Waals surface area contributed by atoms with Gasteiger partial charge in [0.15, 0.2) is 6.61 Å². The summed E-state index contributed by atoms with van der Waals surface area (Å²) in [7, 11) is 0. The molecular weight excluding hydrogens is 468 g/mol. The summed E-state index contributed by atoms with van der Waals surface area (Å²) in [6.07, 6.45) is -0.995. The number of esters is 1. The van der Waals surface area contributed by atoms with Crippen LogP contribution in [0.4, 0.5) is 4.79 Å². The Morgan fingerprint density at radius 3 is 2.22 bits per heavy atom. The fraction of sp³-hybridized carbons (Fsp3) is 0.385. The van der Waals surface area contributed by atoms with Gasteiger partial charge < -0.3 is 30.0 Å². The molecule has 0 radical (unpaired) electrons. The number of carboxylic acid groups (broad SMARTS) is 1. The van der Waals surface area contributed by atoms with Crippen LogP contribution in [0.1, 0.15) is 38.3 Å². The third-order valence-corrected chi connectivity index (χ3v) is 4.62. The lowest BCUT2D eigenvalue weighted by atomic mass is 10.1. The molecule has 36 heavy (non-hydrogen) atoms. The van der Waals surface area contributed by atoms with E-state index in [4.69, 9.17) is 19.3 Å². The first-order chi connectivity index (χ1) is 17.0. The topological polar surface area (TPSA) is 140 Å². The second kappa shape index (κ2) is 13.7. The van der Waals surface area contributed by atoms with Crippen LogP contribution in [-0.2, 0) is 36.9 Å². The largest absolute Gasteiger partial charge is 0.482 e. The number of carbonyl (C=O) groups excluding carboxylic acids is 3. The molecule has 194 valence electrons. The molecule has 0 spiro atoms. The monoisotopic (exact) mass is 500 g/mol. The average molecular weight is 501 g/mol. The maximum atomic E-state index is 12.4. The minimum absolute atomic E-state index is 0.175. The molecule has 2 aromatic carbocycles. The fourth-order valence-electron chi connectivity index (χ4n) is 2.96. The molecule has 0 saturated carbocycles. The van der Waals surface area contributed by atoms with Crippen molar-refractivity contribution < 1.29 is 38.5 Å². The van der Waals surface area contributed by atoms with Crippen LogP contribution in [0.2, 0.25) is 0 Å². The van der Waals surface area contributed by atoms with Crippen LogP contribution < -0.4 is 15.4 Å². The molecule has 3 N–H and O–H groups in total. The number of ether oxygens (including phenoxy) is 3. The van der Waals surface area contributed by atoms with Gasteiger partial charge in [0.2, 0.25) is 5.91 Å². The Morgan fingerprint density at radius 1 is 0.944 bits per heavy atom. The van der Waals surface area contributed by atoms with Crippen LogP contribution in [0.3, 0.4) is 0 Å². The molecule has 0 bridgehead atoms. The molecule has 2 amide bonds. The van der Waals surface area contributed by atoms with Gasteiger partial charge in [0.05, 0.1) is 6.42 Å². The minimum atomic E-state index is -1.27. The van der Waals surface area contributed by atoms with Crippen molar-refractivity contribution in [3.05, 3.63) is 65.7 Å². The zero-order valence-corrected chi connectivity index (χ0v) is 20.6. The predicted molar refractivity (Wildman–Crippen MR) is 130 cm³/mol. The molecule has 0 aliphatic carbocycles. The van der Waals surface area contributed by atoms with Gasteiger partial charge in [-0.3, -0.25) is 9.59 Å². The van der Waals surface area contributed by atoms with E-state index >= 15 is 0 Å². The highest BCUT2D eigenvalue weighted by Crippen LogP contribution is 2.13. The summed E-state index contributed by atoms with van der Waals surface area (Å²) in [4.78, 5) is 47.3. The van der Waals surface area contributed by atoms with Gasteiger partial charge in [-0.2, -0.15) is 0 Å². The molecule has 0 aliphatic heterocycles. The Balaban J connectivity index is 1.75. The van der Waals surface area contributed by atoms with Gasteiger partial charge in [-0.25, -0.2) is 9.59 Å². The molecule has 1 atom stereocenters. The lowest BCUT2D eigenvalue weighted by Gasteiger charge is -2.22. The first kappa shape index (κ1) is 28.2. The maximum absolute atomic E-state index is 12.4. The Morgan fingerprint density at radius 2 is 1.61 bits per heavy atom. The minimum Gasteiger partial charge on any atom is -0.482 e. The van der Waals surface area contributed by atoms with Crippen LogP contribution >= 0.6 is 0 Å². The highest BCUT2D eigenvalue weighted by Gasteiger charge is 2.26. The summed E-state index contributed by atoms with van der Waals surface area (Å²) in [5.74, 6) is -1.85.